The van der Waals surface area contributed by atoms with Gasteiger partial charge >= 0.3 is 0 Å². The van der Waals surface area contributed by atoms with Gasteiger partial charge in [0.15, 0.2) is 17.5 Å². The zero-order valence-corrected chi connectivity index (χ0v) is 31.3. The van der Waals surface area contributed by atoms with E-state index in [0.717, 1.165) is 43.3 Å². The number of nitrogens with zero attached hydrogens (tertiary/aromatic N) is 3. The summed E-state index contributed by atoms with van der Waals surface area (Å²) in [6.07, 6.45) is 0. The number of furan rings is 1. The quantitative estimate of drug-likeness (QED) is 0.187. The lowest BCUT2D eigenvalue weighted by molar-refractivity contribution is 0.669. The topological polar surface area (TPSA) is 51.8 Å². The second kappa shape index (κ2) is 13.8. The summed E-state index contributed by atoms with van der Waals surface area (Å²) < 4.78 is 6.38. The van der Waals surface area contributed by atoms with Gasteiger partial charge in [0, 0.05) is 27.5 Å². The molecule has 0 bridgehead atoms. The van der Waals surface area contributed by atoms with Crippen molar-refractivity contribution in [1.29, 1.82) is 0 Å². The van der Waals surface area contributed by atoms with Crippen LogP contribution in [0.25, 0.3) is 99.5 Å². The molecule has 8 aromatic carbocycles. The number of hydrogen-bond acceptors (Lipinski definition) is 4. The number of fused-ring (bicyclic) bond motifs is 9. The van der Waals surface area contributed by atoms with Crippen molar-refractivity contribution >= 4 is 187 Å². The first-order valence-electron chi connectivity index (χ1n) is 18.5. The Bertz CT molecular complexity index is 3380. The Morgan fingerprint density at radius 3 is 1.22 bits per heavy atom. The Morgan fingerprint density at radius 2 is 0.678 bits per heavy atom. The molecule has 2 heterocycles. The molecule has 0 aliphatic rings. The molecule has 20 radical (unpaired) electrons. The van der Waals surface area contributed by atoms with Crippen LogP contribution in [0.5, 0.6) is 0 Å². The predicted octanol–water partition coefficient (Wildman–Crippen LogP) is -0.163. The average molecular weight is 724 g/mol. The molecular formula is C45H17B10N3O. The molecule has 59 heavy (non-hydrogen) atoms. The van der Waals surface area contributed by atoms with Crippen LogP contribution in [0.4, 0.5) is 0 Å². The van der Waals surface area contributed by atoms with Gasteiger partial charge in [-0.05, 0) is 73.8 Å². The molecule has 248 valence electrons. The monoisotopic (exact) mass is 725 g/mol. The van der Waals surface area contributed by atoms with Crippen molar-refractivity contribution in [3.8, 4) is 45.3 Å². The normalized spacial score (nSPS) is 11.7. The third-order valence-corrected chi connectivity index (χ3v) is 11.3. The van der Waals surface area contributed by atoms with Gasteiger partial charge in [-0.3, -0.25) is 0 Å². The second-order valence-corrected chi connectivity index (χ2v) is 14.6. The molecule has 0 spiro atoms. The van der Waals surface area contributed by atoms with Crippen molar-refractivity contribution < 1.29 is 4.42 Å². The van der Waals surface area contributed by atoms with E-state index in [1.165, 1.54) is 5.39 Å². The fourth-order valence-corrected chi connectivity index (χ4v) is 8.12. The Balaban J connectivity index is 1.18. The highest BCUT2D eigenvalue weighted by atomic mass is 16.3. The molecule has 0 aliphatic carbocycles. The highest BCUT2D eigenvalue weighted by Crippen LogP contribution is 2.38. The van der Waals surface area contributed by atoms with E-state index in [4.69, 9.17) is 97.8 Å². The number of benzene rings is 8. The Morgan fingerprint density at radius 1 is 0.288 bits per heavy atom. The molecule has 10 aromatic rings. The van der Waals surface area contributed by atoms with Gasteiger partial charge in [-0.25, -0.2) is 15.0 Å². The molecule has 0 N–H and O–H groups in total. The molecule has 0 fully saturated rings. The molecule has 0 unspecified atom stereocenters. The summed E-state index contributed by atoms with van der Waals surface area (Å²) in [5.74, 6) is 0.842. The lowest BCUT2D eigenvalue weighted by atomic mass is 9.59. The van der Waals surface area contributed by atoms with Gasteiger partial charge in [0.1, 0.15) is 89.6 Å². The van der Waals surface area contributed by atoms with Gasteiger partial charge in [0.25, 0.3) is 0 Å². The van der Waals surface area contributed by atoms with E-state index in [9.17, 15) is 0 Å². The van der Waals surface area contributed by atoms with Gasteiger partial charge in [0.2, 0.25) is 0 Å². The van der Waals surface area contributed by atoms with Crippen LogP contribution in [0.1, 0.15) is 0 Å². The van der Waals surface area contributed by atoms with E-state index < -0.39 is 0 Å². The third-order valence-electron chi connectivity index (χ3n) is 11.3. The fraction of sp³-hybridized carbons (Fsp3) is 0. The Hall–Kier alpha value is -6.00. The summed E-state index contributed by atoms with van der Waals surface area (Å²) in [6.45, 7) is 0. The highest BCUT2D eigenvalue weighted by Gasteiger charge is 2.21. The maximum Gasteiger partial charge on any atom is 0.164 e. The SMILES string of the molecule is [B]c1c([B])c([B])c(-c2ccc3oc4cc(-c5nc(-c6ccc7c8ccccc8c8ccccc8c7c6)nc(-c6c([B])c([B])c([B])c([B])c6[B])n5)ccc4c3c2)c([B])c1[B]. The summed E-state index contributed by atoms with van der Waals surface area (Å²) in [7, 11) is 63.2. The van der Waals surface area contributed by atoms with Gasteiger partial charge in [-0.2, -0.15) is 0 Å². The van der Waals surface area contributed by atoms with Gasteiger partial charge < -0.3 is 4.42 Å². The molecule has 2 aromatic heterocycles. The van der Waals surface area contributed by atoms with Crippen LogP contribution in [0.15, 0.2) is 108 Å². The van der Waals surface area contributed by atoms with Crippen molar-refractivity contribution in [3.05, 3.63) is 103 Å². The van der Waals surface area contributed by atoms with E-state index in [-0.39, 0.29) is 66.0 Å². The van der Waals surface area contributed by atoms with Crippen molar-refractivity contribution in [2.24, 2.45) is 0 Å². The van der Waals surface area contributed by atoms with Crippen molar-refractivity contribution in [2.45, 2.75) is 0 Å². The van der Waals surface area contributed by atoms with Gasteiger partial charge in [-0.1, -0.05) is 94.6 Å². The summed E-state index contributed by atoms with van der Waals surface area (Å²) in [5, 5.41) is 8.29. The van der Waals surface area contributed by atoms with E-state index in [1.54, 1.807) is 0 Å². The first-order chi connectivity index (χ1) is 28.4. The van der Waals surface area contributed by atoms with Crippen molar-refractivity contribution in [3.63, 3.8) is 0 Å². The minimum Gasteiger partial charge on any atom is -0.456 e. The first kappa shape index (κ1) is 37.3. The van der Waals surface area contributed by atoms with Crippen LogP contribution in [-0.2, 0) is 0 Å². The van der Waals surface area contributed by atoms with E-state index in [2.05, 4.69) is 42.5 Å². The van der Waals surface area contributed by atoms with Crippen LogP contribution < -0.4 is 54.6 Å². The standard InChI is InChI=1S/C45H17B10N3O/c46-33-31(34(47)38(51)41(54)37(33)50)18-11-14-29-28(15-18)26-13-10-20(17-30(26)59-29)44-56-43(57-45(58-44)32-35(48)39(52)42(55)40(53)36(32)49)19-9-12-25-23-7-2-1-5-21(23)22-6-3-4-8-24(22)27(25)16-19/h1-17H. The lowest BCUT2D eigenvalue weighted by Crippen LogP contribution is -2.55. The summed E-state index contributed by atoms with van der Waals surface area (Å²) in [5.41, 5.74) is 5.38. The number of rotatable bonds is 4. The van der Waals surface area contributed by atoms with E-state index in [0.29, 0.717) is 39.5 Å². The predicted molar refractivity (Wildman–Crippen MR) is 255 cm³/mol. The maximum atomic E-state index is 6.57. The molecule has 0 atom stereocenters. The summed E-state index contributed by atoms with van der Waals surface area (Å²) in [4.78, 5) is 14.9. The average Bonchev–Trinajstić information content (AvgIpc) is 3.63. The van der Waals surface area contributed by atoms with Crippen molar-refractivity contribution in [2.75, 3.05) is 0 Å². The minimum absolute atomic E-state index is 0.0789. The molecule has 0 aliphatic heterocycles. The summed E-state index contributed by atoms with van der Waals surface area (Å²) in [6, 6.07) is 34.2. The number of aromatic nitrogens is 3. The first-order valence-corrected chi connectivity index (χ1v) is 18.5. The highest BCUT2D eigenvalue weighted by molar-refractivity contribution is 6.70. The maximum absolute atomic E-state index is 6.57. The second-order valence-electron chi connectivity index (χ2n) is 14.6. The fourth-order valence-electron chi connectivity index (χ4n) is 8.12. The Kier molecular flexibility index (Phi) is 8.72. The number of hydrogen-bond donors (Lipinski definition) is 0. The van der Waals surface area contributed by atoms with Crippen LogP contribution in [0.2, 0.25) is 0 Å². The lowest BCUT2D eigenvalue weighted by Gasteiger charge is -2.21. The molecular weight excluding hydrogens is 707 g/mol. The van der Waals surface area contributed by atoms with Crippen LogP contribution >= 0.6 is 0 Å². The third kappa shape index (κ3) is 5.70. The van der Waals surface area contributed by atoms with Crippen LogP contribution in [0.3, 0.4) is 0 Å². The molecule has 0 saturated heterocycles. The molecule has 4 nitrogen and oxygen atoms in total. The summed E-state index contributed by atoms with van der Waals surface area (Å²) >= 11 is 0. The molecule has 10 rings (SSSR count). The van der Waals surface area contributed by atoms with Crippen LogP contribution in [-0.4, -0.2) is 93.4 Å². The van der Waals surface area contributed by atoms with E-state index in [1.807, 2.05) is 60.7 Å². The zero-order chi connectivity index (χ0) is 41.0. The minimum atomic E-state index is 0.0789. The molecule has 0 amide bonds. The van der Waals surface area contributed by atoms with Gasteiger partial charge in [-0.15, -0.1) is 32.8 Å². The van der Waals surface area contributed by atoms with E-state index >= 15 is 0 Å². The zero-order valence-electron chi connectivity index (χ0n) is 31.3. The molecule has 14 heteroatoms. The smallest absolute Gasteiger partial charge is 0.164 e. The van der Waals surface area contributed by atoms with Crippen LogP contribution in [0, 0.1) is 0 Å². The Labute approximate surface area is 353 Å². The van der Waals surface area contributed by atoms with Crippen molar-refractivity contribution in [1.82, 2.24) is 15.0 Å². The van der Waals surface area contributed by atoms with Gasteiger partial charge in [0.05, 0.1) is 0 Å². The largest absolute Gasteiger partial charge is 0.456 e. The molecule has 0 saturated carbocycles.